The van der Waals surface area contributed by atoms with Crippen molar-refractivity contribution < 1.29 is 14.1 Å². The molecule has 1 fully saturated rings. The first kappa shape index (κ1) is 14.3. The molecule has 5 nitrogen and oxygen atoms in total. The molecule has 1 saturated heterocycles. The van der Waals surface area contributed by atoms with Crippen LogP contribution in [-0.2, 0) is 16.0 Å². The molecule has 0 bridgehead atoms. The average Bonchev–Trinajstić information content (AvgIpc) is 3.31. The van der Waals surface area contributed by atoms with E-state index in [4.69, 9.17) is 9.26 Å². The SMILES string of the molecule is O=C1CCC(c2ccccc2)=C1Cc1nc([C@H]2CCOC2)no1. The van der Waals surface area contributed by atoms with E-state index in [1.54, 1.807) is 0 Å². The van der Waals surface area contributed by atoms with E-state index in [0.29, 0.717) is 31.2 Å². The molecule has 118 valence electrons. The molecular weight excluding hydrogens is 292 g/mol. The van der Waals surface area contributed by atoms with Crippen LogP contribution in [0.4, 0.5) is 0 Å². The van der Waals surface area contributed by atoms with Crippen LogP contribution in [0, 0.1) is 0 Å². The summed E-state index contributed by atoms with van der Waals surface area (Å²) < 4.78 is 10.7. The largest absolute Gasteiger partial charge is 0.381 e. The second-order valence-electron chi connectivity index (χ2n) is 6.03. The molecule has 1 aromatic heterocycles. The average molecular weight is 310 g/mol. The van der Waals surface area contributed by atoms with Crippen molar-refractivity contribution in [3.63, 3.8) is 0 Å². The molecule has 5 heteroatoms. The fraction of sp³-hybridized carbons (Fsp3) is 0.389. The number of nitrogens with zero attached hydrogens (tertiary/aromatic N) is 2. The molecule has 0 amide bonds. The molecule has 0 spiro atoms. The molecule has 0 unspecified atom stereocenters. The normalized spacial score (nSPS) is 21.4. The minimum absolute atomic E-state index is 0.188. The lowest BCUT2D eigenvalue weighted by molar-refractivity contribution is -0.115. The zero-order valence-electron chi connectivity index (χ0n) is 12.8. The first-order valence-electron chi connectivity index (χ1n) is 8.02. The zero-order chi connectivity index (χ0) is 15.6. The van der Waals surface area contributed by atoms with Gasteiger partial charge in [-0.25, -0.2) is 0 Å². The van der Waals surface area contributed by atoms with Crippen molar-refractivity contribution in [3.8, 4) is 0 Å². The minimum Gasteiger partial charge on any atom is -0.381 e. The molecule has 1 aromatic carbocycles. The Bertz CT molecular complexity index is 743. The highest BCUT2D eigenvalue weighted by Crippen LogP contribution is 2.33. The summed E-state index contributed by atoms with van der Waals surface area (Å²) >= 11 is 0. The fourth-order valence-electron chi connectivity index (χ4n) is 3.27. The Labute approximate surface area is 134 Å². The molecular formula is C18H18N2O3. The van der Waals surface area contributed by atoms with Gasteiger partial charge < -0.3 is 9.26 Å². The van der Waals surface area contributed by atoms with E-state index in [0.717, 1.165) is 36.2 Å². The van der Waals surface area contributed by atoms with Crippen molar-refractivity contribution in [3.05, 3.63) is 53.2 Å². The molecule has 0 N–H and O–H groups in total. The van der Waals surface area contributed by atoms with Crippen LogP contribution in [0.3, 0.4) is 0 Å². The van der Waals surface area contributed by atoms with Crippen LogP contribution in [0.25, 0.3) is 5.57 Å². The fourth-order valence-corrected chi connectivity index (χ4v) is 3.27. The van der Waals surface area contributed by atoms with Gasteiger partial charge in [-0.2, -0.15) is 4.98 Å². The molecule has 2 aromatic rings. The van der Waals surface area contributed by atoms with E-state index in [1.165, 1.54) is 0 Å². The number of ketones is 1. The Hall–Kier alpha value is -2.27. The van der Waals surface area contributed by atoms with Crippen molar-refractivity contribution in [2.75, 3.05) is 13.2 Å². The third kappa shape index (κ3) is 2.84. The summed E-state index contributed by atoms with van der Waals surface area (Å²) in [6.07, 6.45) is 2.70. The molecule has 1 aliphatic heterocycles. The predicted octanol–water partition coefficient (Wildman–Crippen LogP) is 2.93. The lowest BCUT2D eigenvalue weighted by atomic mass is 10.00. The van der Waals surface area contributed by atoms with Gasteiger partial charge >= 0.3 is 0 Å². The quantitative estimate of drug-likeness (QED) is 0.868. The number of hydrogen-bond donors (Lipinski definition) is 0. The van der Waals surface area contributed by atoms with Crippen molar-refractivity contribution in [1.29, 1.82) is 0 Å². The molecule has 2 aliphatic rings. The summed E-state index contributed by atoms with van der Waals surface area (Å²) in [5.74, 6) is 1.62. The highest BCUT2D eigenvalue weighted by atomic mass is 16.5. The molecule has 1 aliphatic carbocycles. The smallest absolute Gasteiger partial charge is 0.231 e. The second kappa shape index (κ2) is 6.08. The predicted molar refractivity (Wildman–Crippen MR) is 83.8 cm³/mol. The summed E-state index contributed by atoms with van der Waals surface area (Å²) in [5.41, 5.74) is 3.03. The van der Waals surface area contributed by atoms with Crippen LogP contribution < -0.4 is 0 Å². The highest BCUT2D eigenvalue weighted by Gasteiger charge is 2.27. The summed E-state index contributed by atoms with van der Waals surface area (Å²) in [4.78, 5) is 16.7. The topological polar surface area (TPSA) is 65.2 Å². The lowest BCUT2D eigenvalue weighted by Crippen LogP contribution is -2.03. The Morgan fingerprint density at radius 3 is 2.83 bits per heavy atom. The number of Topliss-reactive ketones (excluding diaryl/α,β-unsaturated/α-hetero) is 1. The van der Waals surface area contributed by atoms with Crippen LogP contribution in [0.15, 0.2) is 40.4 Å². The molecule has 4 rings (SSSR count). The van der Waals surface area contributed by atoms with Gasteiger partial charge in [-0.05, 0) is 24.0 Å². The maximum absolute atomic E-state index is 12.3. The minimum atomic E-state index is 0.188. The van der Waals surface area contributed by atoms with Gasteiger partial charge in [0.25, 0.3) is 0 Å². The van der Waals surface area contributed by atoms with Crippen molar-refractivity contribution in [1.82, 2.24) is 10.1 Å². The summed E-state index contributed by atoms with van der Waals surface area (Å²) in [6, 6.07) is 10.1. The van der Waals surface area contributed by atoms with Crippen LogP contribution >= 0.6 is 0 Å². The second-order valence-corrected chi connectivity index (χ2v) is 6.03. The summed E-state index contributed by atoms with van der Waals surface area (Å²) in [5, 5.41) is 4.06. The Morgan fingerprint density at radius 2 is 2.04 bits per heavy atom. The third-order valence-corrected chi connectivity index (χ3v) is 4.53. The molecule has 2 heterocycles. The van der Waals surface area contributed by atoms with E-state index in [-0.39, 0.29) is 11.7 Å². The lowest BCUT2D eigenvalue weighted by Gasteiger charge is -2.04. The third-order valence-electron chi connectivity index (χ3n) is 4.53. The Kier molecular flexibility index (Phi) is 3.79. The maximum Gasteiger partial charge on any atom is 0.231 e. The number of hydrogen-bond acceptors (Lipinski definition) is 5. The Balaban J connectivity index is 1.60. The van der Waals surface area contributed by atoms with E-state index in [1.807, 2.05) is 30.3 Å². The standard InChI is InChI=1S/C18H18N2O3/c21-16-7-6-14(12-4-2-1-3-5-12)15(16)10-17-19-18(20-23-17)13-8-9-22-11-13/h1-5,13H,6-11H2/t13-/m0/s1. The van der Waals surface area contributed by atoms with Gasteiger partial charge in [0.2, 0.25) is 5.89 Å². The number of carbonyl (C=O) groups is 1. The van der Waals surface area contributed by atoms with E-state index < -0.39 is 0 Å². The summed E-state index contributed by atoms with van der Waals surface area (Å²) in [6.45, 7) is 1.40. The number of ether oxygens (including phenoxy) is 1. The molecule has 23 heavy (non-hydrogen) atoms. The van der Waals surface area contributed by atoms with Gasteiger partial charge in [0.1, 0.15) is 0 Å². The maximum atomic E-state index is 12.3. The van der Waals surface area contributed by atoms with Gasteiger partial charge in [-0.15, -0.1) is 0 Å². The van der Waals surface area contributed by atoms with Crippen LogP contribution in [0.2, 0.25) is 0 Å². The Morgan fingerprint density at radius 1 is 1.17 bits per heavy atom. The van der Waals surface area contributed by atoms with Crippen molar-refractivity contribution in [2.24, 2.45) is 0 Å². The number of rotatable bonds is 4. The van der Waals surface area contributed by atoms with Crippen LogP contribution in [0.5, 0.6) is 0 Å². The number of allylic oxidation sites excluding steroid dienone is 2. The van der Waals surface area contributed by atoms with Gasteiger partial charge in [0.05, 0.1) is 13.0 Å². The van der Waals surface area contributed by atoms with Crippen LogP contribution in [0.1, 0.15) is 42.5 Å². The van der Waals surface area contributed by atoms with E-state index in [9.17, 15) is 4.79 Å². The highest BCUT2D eigenvalue weighted by molar-refractivity contribution is 6.07. The van der Waals surface area contributed by atoms with E-state index in [2.05, 4.69) is 10.1 Å². The molecule has 0 radical (unpaired) electrons. The van der Waals surface area contributed by atoms with Crippen LogP contribution in [-0.4, -0.2) is 29.1 Å². The number of carbonyl (C=O) groups excluding carboxylic acids is 1. The van der Waals surface area contributed by atoms with Gasteiger partial charge in [0, 0.05) is 24.5 Å². The monoisotopic (exact) mass is 310 g/mol. The number of aromatic nitrogens is 2. The molecule has 0 saturated carbocycles. The van der Waals surface area contributed by atoms with E-state index >= 15 is 0 Å². The van der Waals surface area contributed by atoms with Gasteiger partial charge in [0.15, 0.2) is 11.6 Å². The first-order valence-corrected chi connectivity index (χ1v) is 8.02. The number of benzene rings is 1. The van der Waals surface area contributed by atoms with Crippen molar-refractivity contribution in [2.45, 2.75) is 31.6 Å². The first-order chi connectivity index (χ1) is 11.3. The zero-order valence-corrected chi connectivity index (χ0v) is 12.8. The van der Waals surface area contributed by atoms with Crippen molar-refractivity contribution >= 4 is 11.4 Å². The van der Waals surface area contributed by atoms with Gasteiger partial charge in [-0.3, -0.25) is 4.79 Å². The molecule has 1 atom stereocenters. The van der Waals surface area contributed by atoms with Gasteiger partial charge in [-0.1, -0.05) is 35.5 Å². The summed E-state index contributed by atoms with van der Waals surface area (Å²) in [7, 11) is 0.